The predicted molar refractivity (Wildman–Crippen MR) is 176 cm³/mol. The van der Waals surface area contributed by atoms with Gasteiger partial charge in [-0.1, -0.05) is 88.5 Å². The van der Waals surface area contributed by atoms with Crippen LogP contribution >= 0.6 is 0 Å². The molecule has 0 saturated heterocycles. The Bertz CT molecular complexity index is 1680. The van der Waals surface area contributed by atoms with Crippen LogP contribution in [-0.4, -0.2) is 35.4 Å². The number of hydrogen-bond donors (Lipinski definition) is 0. The van der Waals surface area contributed by atoms with Gasteiger partial charge in [-0.25, -0.2) is 0 Å². The summed E-state index contributed by atoms with van der Waals surface area (Å²) in [7, 11) is 1.68. The van der Waals surface area contributed by atoms with E-state index >= 15 is 0 Å². The molecule has 4 aromatic rings. The standard InChI is InChI=1S/C38H44N2O2/c1-8-25(4)32-19-18-30(42-7)22-35(32)31(10-3)37(41)24-39-21-20-29-15-13-14-28(9-2)38(29)36(39)23-40-26(5)33-16-11-12-17-34(33)27(40)6/h10-19,22,25,36H,5-6,8-9,20-21,23-24H2,1-4,7H3/b31-10+. The number of aryl methyl sites for hydroxylation is 1. The summed E-state index contributed by atoms with van der Waals surface area (Å²) in [5.41, 5.74) is 7.03. The number of benzene rings is 3. The summed E-state index contributed by atoms with van der Waals surface area (Å²) in [5.74, 6) is 1.25. The number of allylic oxidation sites excluding steroid dienone is 1. The fourth-order valence-corrected chi connectivity index (χ4v) is 6.73. The molecule has 2 heterocycles. The van der Waals surface area contributed by atoms with Crippen LogP contribution in [0, 0.1) is 0 Å². The second-order valence-electron chi connectivity index (χ2n) is 11.5. The molecule has 0 spiro atoms. The van der Waals surface area contributed by atoms with Gasteiger partial charge in [0.2, 0.25) is 0 Å². The van der Waals surface area contributed by atoms with Gasteiger partial charge in [0.1, 0.15) is 5.75 Å². The van der Waals surface area contributed by atoms with Gasteiger partial charge in [-0.05, 0) is 72.1 Å². The third-order valence-corrected chi connectivity index (χ3v) is 9.30. The van der Waals surface area contributed by atoms with E-state index < -0.39 is 0 Å². The topological polar surface area (TPSA) is 34.5 Å². The molecule has 2 atom stereocenters. The van der Waals surface area contributed by atoms with Gasteiger partial charge in [0, 0.05) is 40.1 Å². The molecule has 0 amide bonds. The van der Waals surface area contributed by atoms with Crippen LogP contribution in [0.25, 0.3) is 29.5 Å². The Morgan fingerprint density at radius 2 is 1.76 bits per heavy atom. The molecule has 0 N–H and O–H groups in total. The molecular formula is C38H44N2O2. The first-order valence-electron chi connectivity index (χ1n) is 15.3. The first-order valence-corrected chi connectivity index (χ1v) is 15.3. The van der Waals surface area contributed by atoms with Crippen LogP contribution in [0.3, 0.4) is 0 Å². The van der Waals surface area contributed by atoms with E-state index in [1.807, 2.05) is 25.1 Å². The summed E-state index contributed by atoms with van der Waals surface area (Å²) in [6.07, 6.45) is 4.86. The summed E-state index contributed by atoms with van der Waals surface area (Å²) in [5, 5.41) is 4.23. The number of fused-ring (bicyclic) bond motifs is 2. The van der Waals surface area contributed by atoms with E-state index in [2.05, 4.69) is 91.9 Å². The maximum Gasteiger partial charge on any atom is 0.177 e. The van der Waals surface area contributed by atoms with Crippen LogP contribution in [0.15, 0.2) is 66.7 Å². The molecule has 1 aliphatic rings. The van der Waals surface area contributed by atoms with Gasteiger partial charge in [0.15, 0.2) is 5.78 Å². The molecule has 1 aliphatic heterocycles. The Balaban J connectivity index is 1.56. The van der Waals surface area contributed by atoms with Crippen molar-refractivity contribution in [3.8, 4) is 5.75 Å². The van der Waals surface area contributed by atoms with E-state index in [9.17, 15) is 4.79 Å². The second-order valence-corrected chi connectivity index (χ2v) is 11.5. The normalized spacial score (nSPS) is 16.4. The van der Waals surface area contributed by atoms with Crippen molar-refractivity contribution >= 4 is 35.3 Å². The fraction of sp³-hybridized carbons (Fsp3) is 0.342. The third-order valence-electron chi connectivity index (χ3n) is 9.30. The zero-order valence-electron chi connectivity index (χ0n) is 25.9. The van der Waals surface area contributed by atoms with Crippen molar-refractivity contribution in [1.29, 1.82) is 0 Å². The maximum atomic E-state index is 14.3. The molecule has 4 heteroatoms. The van der Waals surface area contributed by atoms with Crippen LogP contribution < -0.4 is 15.4 Å². The third kappa shape index (κ3) is 5.36. The zero-order chi connectivity index (χ0) is 30.0. The number of hydrogen-bond acceptors (Lipinski definition) is 3. The first kappa shape index (κ1) is 29.6. The van der Waals surface area contributed by atoms with Gasteiger partial charge >= 0.3 is 0 Å². The van der Waals surface area contributed by atoms with Crippen molar-refractivity contribution in [3.05, 3.63) is 105 Å². The first-order chi connectivity index (χ1) is 20.3. The Kier molecular flexibility index (Phi) is 8.84. The number of aromatic nitrogens is 1. The summed E-state index contributed by atoms with van der Waals surface area (Å²) in [4.78, 5) is 16.7. The largest absolute Gasteiger partial charge is 0.497 e. The van der Waals surface area contributed by atoms with Crippen molar-refractivity contribution in [3.63, 3.8) is 0 Å². The average molecular weight is 561 g/mol. The molecule has 3 aromatic carbocycles. The molecule has 0 saturated carbocycles. The van der Waals surface area contributed by atoms with Crippen molar-refractivity contribution in [2.45, 2.75) is 65.5 Å². The summed E-state index contributed by atoms with van der Waals surface area (Å²) in [6.45, 7) is 19.4. The highest BCUT2D eigenvalue weighted by Gasteiger charge is 2.32. The average Bonchev–Trinajstić information content (AvgIpc) is 3.26. The highest BCUT2D eigenvalue weighted by atomic mass is 16.5. The highest BCUT2D eigenvalue weighted by Crippen LogP contribution is 2.36. The number of nitrogens with zero attached hydrogens (tertiary/aromatic N) is 2. The summed E-state index contributed by atoms with van der Waals surface area (Å²) < 4.78 is 7.84. The minimum atomic E-state index is 0.0362. The number of carbonyl (C=O) groups is 1. The molecule has 0 aliphatic carbocycles. The molecule has 2 unspecified atom stereocenters. The predicted octanol–water partition coefficient (Wildman–Crippen LogP) is 6.82. The van der Waals surface area contributed by atoms with E-state index in [0.717, 1.165) is 64.2 Å². The highest BCUT2D eigenvalue weighted by molar-refractivity contribution is 6.22. The van der Waals surface area contributed by atoms with Gasteiger partial charge in [0.25, 0.3) is 0 Å². The zero-order valence-corrected chi connectivity index (χ0v) is 25.9. The molecule has 5 rings (SSSR count). The van der Waals surface area contributed by atoms with Gasteiger partial charge in [-0.2, -0.15) is 0 Å². The Morgan fingerprint density at radius 1 is 1.05 bits per heavy atom. The lowest BCUT2D eigenvalue weighted by Gasteiger charge is -2.39. The lowest BCUT2D eigenvalue weighted by Crippen LogP contribution is -2.43. The smallest absolute Gasteiger partial charge is 0.177 e. The van der Waals surface area contributed by atoms with Crippen LogP contribution in [0.4, 0.5) is 0 Å². The SMILES string of the molecule is C=c1c2ccccc2c(=C)n1CC1c2c(CC)cccc2CCN1CC(=O)/C(=C/C)c1cc(OC)ccc1C(C)CC. The Labute approximate surface area is 250 Å². The number of methoxy groups -OCH3 is 1. The number of rotatable bonds is 10. The lowest BCUT2D eigenvalue weighted by molar-refractivity contribution is -0.115. The molecule has 218 valence electrons. The van der Waals surface area contributed by atoms with Gasteiger partial charge in [-0.15, -0.1) is 0 Å². The van der Waals surface area contributed by atoms with Crippen LogP contribution in [0.2, 0.25) is 0 Å². The Hall–Kier alpha value is -3.89. The lowest BCUT2D eigenvalue weighted by atomic mass is 9.86. The van der Waals surface area contributed by atoms with Gasteiger partial charge in [0.05, 0.1) is 19.7 Å². The minimum absolute atomic E-state index is 0.0362. The quantitative estimate of drug-likeness (QED) is 0.200. The monoisotopic (exact) mass is 560 g/mol. The summed E-state index contributed by atoms with van der Waals surface area (Å²) >= 11 is 0. The minimum Gasteiger partial charge on any atom is -0.497 e. The molecule has 0 radical (unpaired) electrons. The van der Waals surface area contributed by atoms with Gasteiger partial charge < -0.3 is 9.30 Å². The van der Waals surface area contributed by atoms with Crippen LogP contribution in [0.5, 0.6) is 5.75 Å². The van der Waals surface area contributed by atoms with E-state index in [1.165, 1.54) is 22.3 Å². The van der Waals surface area contributed by atoms with E-state index in [4.69, 9.17) is 4.74 Å². The molecule has 42 heavy (non-hydrogen) atoms. The molecule has 0 bridgehead atoms. The molecular weight excluding hydrogens is 516 g/mol. The van der Waals surface area contributed by atoms with Crippen LogP contribution in [-0.2, 0) is 24.2 Å². The number of carbonyl (C=O) groups excluding carboxylic acids is 1. The van der Waals surface area contributed by atoms with E-state index in [1.54, 1.807) is 7.11 Å². The molecule has 4 nitrogen and oxygen atoms in total. The van der Waals surface area contributed by atoms with Crippen molar-refractivity contribution in [2.75, 3.05) is 20.2 Å². The van der Waals surface area contributed by atoms with Crippen LogP contribution in [0.1, 0.15) is 73.9 Å². The second kappa shape index (κ2) is 12.5. The Morgan fingerprint density at radius 3 is 2.38 bits per heavy atom. The van der Waals surface area contributed by atoms with Crippen molar-refractivity contribution in [2.24, 2.45) is 0 Å². The number of ketones is 1. The molecule has 0 fully saturated rings. The fourth-order valence-electron chi connectivity index (χ4n) is 6.73. The van der Waals surface area contributed by atoms with Crippen molar-refractivity contribution in [1.82, 2.24) is 9.47 Å². The summed E-state index contributed by atoms with van der Waals surface area (Å²) in [6, 6.07) is 21.2. The van der Waals surface area contributed by atoms with E-state index in [0.29, 0.717) is 19.0 Å². The molecule has 1 aromatic heterocycles. The van der Waals surface area contributed by atoms with Crippen molar-refractivity contribution < 1.29 is 9.53 Å². The number of ether oxygens (including phenoxy) is 1. The number of Topliss-reactive ketones (excluding diaryl/α,β-unsaturated/α-hetero) is 1. The maximum absolute atomic E-state index is 14.3. The van der Waals surface area contributed by atoms with E-state index in [-0.39, 0.29) is 11.8 Å². The van der Waals surface area contributed by atoms with Gasteiger partial charge in [-0.3, -0.25) is 9.69 Å².